The average Bonchev–Trinajstić information content (AvgIpc) is 1.79. The molecule has 0 amide bonds. The van der Waals surface area contributed by atoms with E-state index in [1.54, 1.807) is 0 Å². The fraction of sp³-hybridized carbons (Fsp3) is 0.500. The average molecular weight is 158 g/mol. The van der Waals surface area contributed by atoms with Gasteiger partial charge in [0.15, 0.2) is 11.3 Å². The highest BCUT2D eigenvalue weighted by atomic mass is 32.2. The Bertz CT molecular complexity index is 153. The van der Waals surface area contributed by atoms with Gasteiger partial charge in [0.2, 0.25) is 0 Å². The number of alkyl halides is 3. The quantitative estimate of drug-likeness (QED) is 0.488. The predicted molar refractivity (Wildman–Crippen MR) is 26.6 cm³/mol. The molecule has 0 bridgehead atoms. The number of thioether (sulfide) groups is 1. The van der Waals surface area contributed by atoms with Gasteiger partial charge in [-0.15, -0.1) is 0 Å². The molecule has 5 heteroatoms. The van der Waals surface area contributed by atoms with Gasteiger partial charge in [-0.25, -0.2) is 8.78 Å². The zero-order valence-electron chi connectivity index (χ0n) is 4.07. The summed E-state index contributed by atoms with van der Waals surface area (Å²) in [5.41, 5.74) is -1.90. The van der Waals surface area contributed by atoms with Crippen LogP contribution in [0.3, 0.4) is 0 Å². The van der Waals surface area contributed by atoms with Gasteiger partial charge in [0.1, 0.15) is 0 Å². The van der Waals surface area contributed by atoms with E-state index in [1.165, 1.54) is 0 Å². The van der Waals surface area contributed by atoms with Gasteiger partial charge in [-0.2, -0.15) is 8.78 Å². The largest absolute Gasteiger partial charge is 0.347 e. The van der Waals surface area contributed by atoms with E-state index in [1.807, 2.05) is 0 Å². The number of halogens is 4. The first-order chi connectivity index (χ1) is 4.02. The van der Waals surface area contributed by atoms with Crippen molar-refractivity contribution in [3.8, 4) is 0 Å². The lowest BCUT2D eigenvalue weighted by Crippen LogP contribution is -2.06. The Hall–Kier alpha value is -0.190. The van der Waals surface area contributed by atoms with Crippen molar-refractivity contribution in [2.75, 3.05) is 0 Å². The standard InChI is InChI=1S/C4H2F4S/c5-2-1-3(6)9-4(2,7)8/h1,3H. The minimum Gasteiger partial charge on any atom is -0.231 e. The van der Waals surface area contributed by atoms with E-state index in [-0.39, 0.29) is 17.8 Å². The zero-order valence-corrected chi connectivity index (χ0v) is 4.89. The minimum atomic E-state index is -3.64. The molecule has 0 aromatic heterocycles. The molecule has 9 heavy (non-hydrogen) atoms. The summed E-state index contributed by atoms with van der Waals surface area (Å²) < 4.78 is 47.4. The van der Waals surface area contributed by atoms with E-state index >= 15 is 0 Å². The summed E-state index contributed by atoms with van der Waals surface area (Å²) in [6.45, 7) is 0. The van der Waals surface area contributed by atoms with Crippen LogP contribution in [0.1, 0.15) is 0 Å². The summed E-state index contributed by atoms with van der Waals surface area (Å²) in [6, 6.07) is 0. The van der Waals surface area contributed by atoms with Crippen LogP contribution in [-0.2, 0) is 0 Å². The maximum atomic E-state index is 11.9. The van der Waals surface area contributed by atoms with E-state index < -0.39 is 16.6 Å². The summed E-state index contributed by atoms with van der Waals surface area (Å²) in [6.07, 6.45) is 0.269. The Kier molecular flexibility index (Phi) is 1.46. The molecule has 1 unspecified atom stereocenters. The van der Waals surface area contributed by atoms with Crippen LogP contribution in [0.2, 0.25) is 0 Å². The summed E-state index contributed by atoms with van der Waals surface area (Å²) in [5.74, 6) is -1.68. The highest BCUT2D eigenvalue weighted by molar-refractivity contribution is 8.01. The topological polar surface area (TPSA) is 0 Å². The zero-order chi connectivity index (χ0) is 7.07. The monoisotopic (exact) mass is 158 g/mol. The van der Waals surface area contributed by atoms with E-state index in [2.05, 4.69) is 0 Å². The van der Waals surface area contributed by atoms with Gasteiger partial charge in [0.05, 0.1) is 0 Å². The highest BCUT2D eigenvalue weighted by Crippen LogP contribution is 2.46. The molecule has 1 aliphatic rings. The van der Waals surface area contributed by atoms with Crippen molar-refractivity contribution in [3.63, 3.8) is 0 Å². The van der Waals surface area contributed by atoms with Crippen molar-refractivity contribution in [1.29, 1.82) is 0 Å². The van der Waals surface area contributed by atoms with Crippen LogP contribution in [0, 0.1) is 0 Å². The summed E-state index contributed by atoms with van der Waals surface area (Å²) >= 11 is -0.337. The van der Waals surface area contributed by atoms with E-state index in [0.29, 0.717) is 0 Å². The lowest BCUT2D eigenvalue weighted by Gasteiger charge is -2.04. The van der Waals surface area contributed by atoms with Crippen LogP contribution in [-0.4, -0.2) is 10.8 Å². The minimum absolute atomic E-state index is 0.269. The Morgan fingerprint density at radius 2 is 2.11 bits per heavy atom. The van der Waals surface area contributed by atoms with Gasteiger partial charge < -0.3 is 0 Å². The van der Waals surface area contributed by atoms with Crippen molar-refractivity contribution >= 4 is 11.8 Å². The van der Waals surface area contributed by atoms with Crippen LogP contribution >= 0.6 is 11.8 Å². The predicted octanol–water partition coefficient (Wildman–Crippen LogP) is 2.48. The number of rotatable bonds is 0. The Morgan fingerprint density at radius 1 is 1.56 bits per heavy atom. The lowest BCUT2D eigenvalue weighted by molar-refractivity contribution is 0.122. The third-order valence-electron chi connectivity index (χ3n) is 0.816. The molecule has 1 atom stereocenters. The molecule has 0 aromatic rings. The molecule has 0 aliphatic carbocycles. The van der Waals surface area contributed by atoms with Crippen LogP contribution in [0.5, 0.6) is 0 Å². The Balaban J connectivity index is 2.76. The Labute approximate surface area is 52.9 Å². The van der Waals surface area contributed by atoms with Gasteiger partial charge in [-0.3, -0.25) is 0 Å². The van der Waals surface area contributed by atoms with Crippen molar-refractivity contribution < 1.29 is 17.6 Å². The molecule has 0 aromatic carbocycles. The van der Waals surface area contributed by atoms with Crippen molar-refractivity contribution in [2.24, 2.45) is 0 Å². The molecule has 1 heterocycles. The van der Waals surface area contributed by atoms with Crippen LogP contribution in [0.4, 0.5) is 17.6 Å². The SMILES string of the molecule is FC1=CC(F)SC1(F)F. The van der Waals surface area contributed by atoms with Crippen molar-refractivity contribution in [1.82, 2.24) is 0 Å². The molecule has 0 radical (unpaired) electrons. The maximum Gasteiger partial charge on any atom is 0.347 e. The maximum absolute atomic E-state index is 11.9. The molecule has 1 aliphatic heterocycles. The number of hydrogen-bond acceptors (Lipinski definition) is 1. The van der Waals surface area contributed by atoms with E-state index in [0.717, 1.165) is 0 Å². The molecule has 0 spiro atoms. The first-order valence-electron chi connectivity index (χ1n) is 2.10. The van der Waals surface area contributed by atoms with Crippen LogP contribution in [0.15, 0.2) is 11.9 Å². The fourth-order valence-electron chi connectivity index (χ4n) is 0.444. The third-order valence-corrected chi connectivity index (χ3v) is 1.67. The molecule has 0 saturated heterocycles. The van der Waals surface area contributed by atoms with Gasteiger partial charge >= 0.3 is 5.25 Å². The van der Waals surface area contributed by atoms with Crippen molar-refractivity contribution in [3.05, 3.63) is 11.9 Å². The smallest absolute Gasteiger partial charge is 0.231 e. The molecule has 0 nitrogen and oxygen atoms in total. The van der Waals surface area contributed by atoms with Gasteiger partial charge in [-0.1, -0.05) is 0 Å². The molecular weight excluding hydrogens is 156 g/mol. The Morgan fingerprint density at radius 3 is 2.22 bits per heavy atom. The molecule has 1 rings (SSSR count). The second kappa shape index (κ2) is 1.90. The molecule has 52 valence electrons. The van der Waals surface area contributed by atoms with Crippen LogP contribution in [0.25, 0.3) is 0 Å². The molecule has 0 fully saturated rings. The molecular formula is C4H2F4S. The highest BCUT2D eigenvalue weighted by Gasteiger charge is 2.44. The van der Waals surface area contributed by atoms with Crippen molar-refractivity contribution in [2.45, 2.75) is 10.8 Å². The van der Waals surface area contributed by atoms with E-state index in [4.69, 9.17) is 0 Å². The summed E-state index contributed by atoms with van der Waals surface area (Å²) in [5, 5.41) is -3.64. The first-order valence-corrected chi connectivity index (χ1v) is 2.98. The molecule has 0 N–H and O–H groups in total. The second-order valence-corrected chi connectivity index (χ2v) is 2.70. The number of hydrogen-bond donors (Lipinski definition) is 0. The summed E-state index contributed by atoms with van der Waals surface area (Å²) in [4.78, 5) is 0. The third kappa shape index (κ3) is 1.20. The van der Waals surface area contributed by atoms with E-state index in [9.17, 15) is 17.6 Å². The molecule has 0 saturated carbocycles. The van der Waals surface area contributed by atoms with Crippen LogP contribution < -0.4 is 0 Å². The van der Waals surface area contributed by atoms with Gasteiger partial charge in [0, 0.05) is 0 Å². The fourth-order valence-corrected chi connectivity index (χ4v) is 1.09. The summed E-state index contributed by atoms with van der Waals surface area (Å²) in [7, 11) is 0. The lowest BCUT2D eigenvalue weighted by atomic mass is 10.5. The normalized spacial score (nSPS) is 32.4. The first kappa shape index (κ1) is 6.92. The van der Waals surface area contributed by atoms with Gasteiger partial charge in [-0.05, 0) is 17.8 Å². The second-order valence-electron chi connectivity index (χ2n) is 1.50. The van der Waals surface area contributed by atoms with Gasteiger partial charge in [0.25, 0.3) is 0 Å².